The second-order valence-electron chi connectivity index (χ2n) is 5.99. The Labute approximate surface area is 139 Å². The number of likely N-dealkylation sites (tertiary alicyclic amines) is 1. The first-order valence-corrected chi connectivity index (χ1v) is 9.02. The molecule has 0 amide bonds. The maximum Gasteiger partial charge on any atom is 0.401 e. The number of benzene rings is 1. The third-order valence-corrected chi connectivity index (χ3v) is 5.59. The van der Waals surface area contributed by atoms with E-state index in [4.69, 9.17) is 4.74 Å². The lowest BCUT2D eigenvalue weighted by molar-refractivity contribution is -0.143. The second-order valence-corrected chi connectivity index (χ2v) is 7.72. The summed E-state index contributed by atoms with van der Waals surface area (Å²) in [7, 11) is -2.21. The number of rotatable bonds is 6. The molecule has 0 unspecified atom stereocenters. The minimum absolute atomic E-state index is 0.124. The maximum atomic E-state index is 12.4. The first-order valence-electron chi connectivity index (χ1n) is 7.54. The SMILES string of the molecule is COc1ccc(S(=O)(=O)NC[C@H]2CCN(CC(F)(F)F)C2)c(C)c1. The minimum atomic E-state index is -4.23. The molecule has 0 aromatic heterocycles. The van der Waals surface area contributed by atoms with Gasteiger partial charge in [0.1, 0.15) is 5.75 Å². The summed E-state index contributed by atoms with van der Waals surface area (Å²) in [5.74, 6) is 0.436. The largest absolute Gasteiger partial charge is 0.497 e. The lowest BCUT2D eigenvalue weighted by Crippen LogP contribution is -2.34. The van der Waals surface area contributed by atoms with Gasteiger partial charge in [-0.25, -0.2) is 13.1 Å². The van der Waals surface area contributed by atoms with Gasteiger partial charge in [0.15, 0.2) is 0 Å². The Balaban J connectivity index is 1.94. The van der Waals surface area contributed by atoms with Crippen molar-refractivity contribution in [2.45, 2.75) is 24.4 Å². The summed E-state index contributed by atoms with van der Waals surface area (Å²) < 4.78 is 69.4. The molecule has 1 aliphatic rings. The summed E-state index contributed by atoms with van der Waals surface area (Å²) in [6.45, 7) is 1.41. The minimum Gasteiger partial charge on any atom is -0.497 e. The number of nitrogens with zero attached hydrogens (tertiary/aromatic N) is 1. The van der Waals surface area contributed by atoms with Crippen LogP contribution in [0.2, 0.25) is 0 Å². The number of methoxy groups -OCH3 is 1. The molecule has 2 rings (SSSR count). The van der Waals surface area contributed by atoms with E-state index in [9.17, 15) is 21.6 Å². The quantitative estimate of drug-likeness (QED) is 0.838. The van der Waals surface area contributed by atoms with Crippen LogP contribution in [-0.2, 0) is 10.0 Å². The molecule has 1 aromatic rings. The average Bonchev–Trinajstić information content (AvgIpc) is 2.90. The van der Waals surface area contributed by atoms with Gasteiger partial charge in [-0.05, 0) is 49.6 Å². The van der Waals surface area contributed by atoms with Gasteiger partial charge in [0.25, 0.3) is 0 Å². The fourth-order valence-corrected chi connectivity index (χ4v) is 4.17. The van der Waals surface area contributed by atoms with Gasteiger partial charge in [-0.1, -0.05) is 0 Å². The number of ether oxygens (including phenoxy) is 1. The van der Waals surface area contributed by atoms with Crippen LogP contribution in [0.3, 0.4) is 0 Å². The van der Waals surface area contributed by atoms with Crippen molar-refractivity contribution in [3.05, 3.63) is 23.8 Å². The third kappa shape index (κ3) is 5.09. The van der Waals surface area contributed by atoms with Gasteiger partial charge in [-0.15, -0.1) is 0 Å². The average molecular weight is 366 g/mol. The Morgan fingerprint density at radius 3 is 2.67 bits per heavy atom. The summed E-state index contributed by atoms with van der Waals surface area (Å²) in [6, 6.07) is 4.64. The van der Waals surface area contributed by atoms with Gasteiger partial charge in [-0.3, -0.25) is 4.90 Å². The normalized spacial score (nSPS) is 19.6. The highest BCUT2D eigenvalue weighted by atomic mass is 32.2. The Bertz CT molecular complexity index is 677. The highest BCUT2D eigenvalue weighted by molar-refractivity contribution is 7.89. The first kappa shape index (κ1) is 19.0. The van der Waals surface area contributed by atoms with Gasteiger partial charge in [-0.2, -0.15) is 13.2 Å². The zero-order valence-corrected chi connectivity index (χ0v) is 14.4. The molecule has 1 fully saturated rings. The fraction of sp³-hybridized carbons (Fsp3) is 0.600. The van der Waals surface area contributed by atoms with E-state index in [1.54, 1.807) is 19.1 Å². The number of hydrogen-bond acceptors (Lipinski definition) is 4. The summed E-state index contributed by atoms with van der Waals surface area (Å²) >= 11 is 0. The van der Waals surface area contributed by atoms with Crippen molar-refractivity contribution in [1.29, 1.82) is 0 Å². The van der Waals surface area contributed by atoms with Gasteiger partial charge in [0.2, 0.25) is 10.0 Å². The van der Waals surface area contributed by atoms with Crippen molar-refractivity contribution >= 4 is 10.0 Å². The molecule has 136 valence electrons. The molecule has 5 nitrogen and oxygen atoms in total. The number of nitrogens with one attached hydrogen (secondary N) is 1. The van der Waals surface area contributed by atoms with E-state index in [1.165, 1.54) is 18.1 Å². The smallest absolute Gasteiger partial charge is 0.401 e. The van der Waals surface area contributed by atoms with Gasteiger partial charge in [0.05, 0.1) is 18.6 Å². The predicted octanol–water partition coefficient (Wildman–Crippen LogP) is 2.17. The molecular weight excluding hydrogens is 345 g/mol. The van der Waals surface area contributed by atoms with E-state index in [1.807, 2.05) is 0 Å². The van der Waals surface area contributed by atoms with E-state index in [0.717, 1.165) is 0 Å². The van der Waals surface area contributed by atoms with Crippen molar-refractivity contribution in [3.8, 4) is 5.75 Å². The summed E-state index contributed by atoms with van der Waals surface area (Å²) in [5, 5.41) is 0. The van der Waals surface area contributed by atoms with Crippen LogP contribution in [-0.4, -0.2) is 52.8 Å². The zero-order chi connectivity index (χ0) is 18.0. The van der Waals surface area contributed by atoms with Crippen LogP contribution >= 0.6 is 0 Å². The van der Waals surface area contributed by atoms with Crippen molar-refractivity contribution in [2.24, 2.45) is 5.92 Å². The lowest BCUT2D eigenvalue weighted by atomic mass is 10.1. The monoisotopic (exact) mass is 366 g/mol. The number of alkyl halides is 3. The van der Waals surface area contributed by atoms with Crippen molar-refractivity contribution in [3.63, 3.8) is 0 Å². The van der Waals surface area contributed by atoms with Crippen molar-refractivity contribution in [1.82, 2.24) is 9.62 Å². The van der Waals surface area contributed by atoms with Crippen LogP contribution in [0.15, 0.2) is 23.1 Å². The van der Waals surface area contributed by atoms with Gasteiger partial charge >= 0.3 is 6.18 Å². The first-order chi connectivity index (χ1) is 11.1. The predicted molar refractivity (Wildman–Crippen MR) is 83.5 cm³/mol. The molecule has 1 heterocycles. The molecular formula is C15H21F3N2O3S. The van der Waals surface area contributed by atoms with Crippen LogP contribution < -0.4 is 9.46 Å². The van der Waals surface area contributed by atoms with E-state index in [2.05, 4.69) is 4.72 Å². The summed E-state index contributed by atoms with van der Waals surface area (Å²) in [6.07, 6.45) is -3.69. The highest BCUT2D eigenvalue weighted by Crippen LogP contribution is 2.24. The second kappa shape index (κ2) is 7.28. The van der Waals surface area contributed by atoms with E-state index in [-0.39, 0.29) is 23.9 Å². The molecule has 1 aromatic carbocycles. The number of hydrogen-bond donors (Lipinski definition) is 1. The van der Waals surface area contributed by atoms with Crippen LogP contribution in [0.1, 0.15) is 12.0 Å². The summed E-state index contributed by atoms with van der Waals surface area (Å²) in [4.78, 5) is 1.45. The lowest BCUT2D eigenvalue weighted by Gasteiger charge is -2.18. The molecule has 1 saturated heterocycles. The van der Waals surface area contributed by atoms with E-state index >= 15 is 0 Å². The Hall–Kier alpha value is -1.32. The molecule has 0 bridgehead atoms. The Morgan fingerprint density at radius 2 is 2.08 bits per heavy atom. The highest BCUT2D eigenvalue weighted by Gasteiger charge is 2.34. The van der Waals surface area contributed by atoms with Crippen LogP contribution in [0.25, 0.3) is 0 Å². The van der Waals surface area contributed by atoms with E-state index < -0.39 is 22.7 Å². The van der Waals surface area contributed by atoms with Crippen LogP contribution in [0.5, 0.6) is 5.75 Å². The number of halogens is 3. The van der Waals surface area contributed by atoms with Crippen molar-refractivity contribution < 1.29 is 26.3 Å². The van der Waals surface area contributed by atoms with Crippen molar-refractivity contribution in [2.75, 3.05) is 33.3 Å². The maximum absolute atomic E-state index is 12.4. The summed E-state index contributed by atoms with van der Waals surface area (Å²) in [5.41, 5.74) is 0.548. The topological polar surface area (TPSA) is 58.6 Å². The van der Waals surface area contributed by atoms with Crippen LogP contribution in [0, 0.1) is 12.8 Å². The molecule has 1 aliphatic heterocycles. The number of aryl methyl sites for hydroxylation is 1. The standard InChI is InChI=1S/C15H21F3N2O3S/c1-11-7-13(23-2)3-4-14(11)24(21,22)19-8-12-5-6-20(9-12)10-15(16,17)18/h3-4,7,12,19H,5-6,8-10H2,1-2H3/t12-/m1/s1. The molecule has 0 aliphatic carbocycles. The molecule has 9 heteroatoms. The molecule has 1 atom stereocenters. The van der Waals surface area contributed by atoms with Gasteiger partial charge in [0, 0.05) is 13.1 Å². The van der Waals surface area contributed by atoms with Gasteiger partial charge < -0.3 is 4.74 Å². The number of sulfonamides is 1. The third-order valence-electron chi connectivity index (χ3n) is 4.01. The Morgan fingerprint density at radius 1 is 1.38 bits per heavy atom. The zero-order valence-electron chi connectivity index (χ0n) is 13.6. The molecule has 0 saturated carbocycles. The molecule has 1 N–H and O–H groups in total. The molecule has 24 heavy (non-hydrogen) atoms. The van der Waals surface area contributed by atoms with E-state index in [0.29, 0.717) is 24.3 Å². The molecule has 0 spiro atoms. The van der Waals surface area contributed by atoms with Crippen LogP contribution in [0.4, 0.5) is 13.2 Å². The molecule has 0 radical (unpaired) electrons. The fourth-order valence-electron chi connectivity index (χ4n) is 2.83. The Kier molecular flexibility index (Phi) is 5.77.